The van der Waals surface area contributed by atoms with Crippen LogP contribution in [0.1, 0.15) is 45.1 Å². The highest BCUT2D eigenvalue weighted by molar-refractivity contribution is 5.27. The zero-order valence-corrected chi connectivity index (χ0v) is 11.8. The van der Waals surface area contributed by atoms with Gasteiger partial charge in [-0.15, -0.1) is 0 Å². The number of benzene rings is 1. The number of rotatable bonds is 6. The normalized spacial score (nSPS) is 17.6. The molecule has 0 radical (unpaired) electrons. The van der Waals surface area contributed by atoms with Crippen LogP contribution in [0.25, 0.3) is 0 Å². The molecule has 2 heteroatoms. The highest BCUT2D eigenvalue weighted by atomic mass is 16.5. The largest absolute Gasteiger partial charge is 0.487 e. The van der Waals surface area contributed by atoms with E-state index in [2.05, 4.69) is 50.4 Å². The van der Waals surface area contributed by atoms with E-state index in [1.54, 1.807) is 0 Å². The SMILES string of the molecule is Cc1ccc(OC2(CCNC(C)C)CCC2)cc1. The summed E-state index contributed by atoms with van der Waals surface area (Å²) in [6.07, 6.45) is 4.80. The Morgan fingerprint density at radius 3 is 2.39 bits per heavy atom. The fourth-order valence-corrected chi connectivity index (χ4v) is 2.42. The van der Waals surface area contributed by atoms with E-state index in [9.17, 15) is 0 Å². The molecule has 0 atom stereocenters. The summed E-state index contributed by atoms with van der Waals surface area (Å²) < 4.78 is 6.23. The summed E-state index contributed by atoms with van der Waals surface area (Å²) in [5.74, 6) is 1.02. The lowest BCUT2D eigenvalue weighted by atomic mass is 9.77. The molecule has 2 rings (SSSR count). The Bertz CT molecular complexity index is 365. The Morgan fingerprint density at radius 2 is 1.89 bits per heavy atom. The second kappa shape index (κ2) is 5.75. The van der Waals surface area contributed by atoms with E-state index in [-0.39, 0.29) is 5.60 Å². The van der Waals surface area contributed by atoms with Crippen LogP contribution in [0.3, 0.4) is 0 Å². The first-order chi connectivity index (χ1) is 8.60. The smallest absolute Gasteiger partial charge is 0.120 e. The number of nitrogens with one attached hydrogen (secondary N) is 1. The minimum Gasteiger partial charge on any atom is -0.487 e. The molecule has 0 unspecified atom stereocenters. The zero-order valence-electron chi connectivity index (χ0n) is 11.8. The summed E-state index contributed by atoms with van der Waals surface area (Å²) in [6, 6.07) is 8.97. The van der Waals surface area contributed by atoms with Crippen LogP contribution in [0.4, 0.5) is 0 Å². The molecule has 1 fully saturated rings. The quantitative estimate of drug-likeness (QED) is 0.828. The van der Waals surface area contributed by atoms with Gasteiger partial charge in [-0.2, -0.15) is 0 Å². The van der Waals surface area contributed by atoms with Gasteiger partial charge in [0.2, 0.25) is 0 Å². The lowest BCUT2D eigenvalue weighted by Crippen LogP contribution is -2.45. The second-order valence-electron chi connectivity index (χ2n) is 5.81. The van der Waals surface area contributed by atoms with E-state index in [1.165, 1.54) is 24.8 Å². The third-order valence-electron chi connectivity index (χ3n) is 3.75. The van der Waals surface area contributed by atoms with Crippen molar-refractivity contribution in [2.24, 2.45) is 0 Å². The summed E-state index contributed by atoms with van der Waals surface area (Å²) in [5, 5.41) is 3.48. The average Bonchev–Trinajstić information content (AvgIpc) is 2.28. The van der Waals surface area contributed by atoms with Gasteiger partial charge in [-0.05, 0) is 51.3 Å². The Hall–Kier alpha value is -1.02. The van der Waals surface area contributed by atoms with Crippen molar-refractivity contribution in [2.75, 3.05) is 6.54 Å². The van der Waals surface area contributed by atoms with Crippen molar-refractivity contribution in [1.29, 1.82) is 0 Å². The highest BCUT2D eigenvalue weighted by Crippen LogP contribution is 2.39. The third-order valence-corrected chi connectivity index (χ3v) is 3.75. The molecule has 1 aromatic rings. The van der Waals surface area contributed by atoms with Crippen molar-refractivity contribution < 1.29 is 4.74 Å². The lowest BCUT2D eigenvalue weighted by molar-refractivity contribution is -0.0145. The number of hydrogen-bond donors (Lipinski definition) is 1. The molecule has 0 aliphatic heterocycles. The van der Waals surface area contributed by atoms with Crippen molar-refractivity contribution in [3.8, 4) is 5.75 Å². The molecule has 1 aliphatic carbocycles. The third kappa shape index (κ3) is 3.49. The first-order valence-electron chi connectivity index (χ1n) is 7.09. The minimum atomic E-state index is 0.0944. The molecule has 1 aromatic carbocycles. The maximum Gasteiger partial charge on any atom is 0.120 e. The van der Waals surface area contributed by atoms with Crippen LogP contribution in [0.2, 0.25) is 0 Å². The van der Waals surface area contributed by atoms with E-state index >= 15 is 0 Å². The van der Waals surface area contributed by atoms with E-state index < -0.39 is 0 Å². The molecule has 1 aliphatic rings. The van der Waals surface area contributed by atoms with Gasteiger partial charge in [0.15, 0.2) is 0 Å². The fraction of sp³-hybridized carbons (Fsp3) is 0.625. The van der Waals surface area contributed by atoms with Gasteiger partial charge in [-0.1, -0.05) is 31.5 Å². The van der Waals surface area contributed by atoms with Crippen LogP contribution in [-0.4, -0.2) is 18.2 Å². The molecule has 0 saturated heterocycles. The Morgan fingerprint density at radius 1 is 1.22 bits per heavy atom. The van der Waals surface area contributed by atoms with Crippen LogP contribution >= 0.6 is 0 Å². The van der Waals surface area contributed by atoms with E-state index in [0.29, 0.717) is 6.04 Å². The van der Waals surface area contributed by atoms with E-state index in [4.69, 9.17) is 4.74 Å². The van der Waals surface area contributed by atoms with Crippen molar-refractivity contribution in [1.82, 2.24) is 5.32 Å². The number of hydrogen-bond acceptors (Lipinski definition) is 2. The zero-order chi connectivity index (χ0) is 13.0. The summed E-state index contributed by atoms with van der Waals surface area (Å²) in [7, 11) is 0. The molecule has 0 spiro atoms. The summed E-state index contributed by atoms with van der Waals surface area (Å²) in [4.78, 5) is 0. The van der Waals surface area contributed by atoms with Gasteiger partial charge in [-0.3, -0.25) is 0 Å². The van der Waals surface area contributed by atoms with Gasteiger partial charge in [0.05, 0.1) is 0 Å². The van der Waals surface area contributed by atoms with Gasteiger partial charge < -0.3 is 10.1 Å². The molecule has 0 bridgehead atoms. The Labute approximate surface area is 111 Å². The van der Waals surface area contributed by atoms with Crippen LogP contribution in [0.15, 0.2) is 24.3 Å². The molecule has 0 amide bonds. The fourth-order valence-electron chi connectivity index (χ4n) is 2.42. The Kier molecular flexibility index (Phi) is 4.28. The van der Waals surface area contributed by atoms with Gasteiger partial charge in [-0.25, -0.2) is 0 Å². The van der Waals surface area contributed by atoms with Crippen molar-refractivity contribution >= 4 is 0 Å². The lowest BCUT2D eigenvalue weighted by Gasteiger charge is -2.42. The molecule has 1 saturated carbocycles. The summed E-state index contributed by atoms with van der Waals surface area (Å²) in [5.41, 5.74) is 1.38. The van der Waals surface area contributed by atoms with E-state index in [0.717, 1.165) is 18.7 Å². The standard InChI is InChI=1S/C16H25NO/c1-13(2)17-12-11-16(9-4-10-16)18-15-7-5-14(3)6-8-15/h5-8,13,17H,4,9-12H2,1-3H3. The predicted molar refractivity (Wildman–Crippen MR) is 76.1 cm³/mol. The maximum absolute atomic E-state index is 6.23. The van der Waals surface area contributed by atoms with Crippen LogP contribution in [0.5, 0.6) is 5.75 Å². The van der Waals surface area contributed by atoms with Crippen molar-refractivity contribution in [3.63, 3.8) is 0 Å². The molecular formula is C16H25NO. The Balaban J connectivity index is 1.89. The summed E-state index contributed by atoms with van der Waals surface area (Å²) >= 11 is 0. The van der Waals surface area contributed by atoms with Crippen LogP contribution in [-0.2, 0) is 0 Å². The van der Waals surface area contributed by atoms with Gasteiger partial charge in [0.25, 0.3) is 0 Å². The van der Waals surface area contributed by atoms with Gasteiger partial charge in [0, 0.05) is 6.04 Å². The molecule has 0 aromatic heterocycles. The number of ether oxygens (including phenoxy) is 1. The van der Waals surface area contributed by atoms with Crippen LogP contribution < -0.4 is 10.1 Å². The monoisotopic (exact) mass is 247 g/mol. The number of aryl methyl sites for hydroxylation is 1. The molecule has 2 nitrogen and oxygen atoms in total. The predicted octanol–water partition coefficient (Wildman–Crippen LogP) is 3.68. The molecule has 18 heavy (non-hydrogen) atoms. The first kappa shape index (κ1) is 13.4. The maximum atomic E-state index is 6.23. The molecule has 0 heterocycles. The molecule has 1 N–H and O–H groups in total. The molecular weight excluding hydrogens is 222 g/mol. The minimum absolute atomic E-state index is 0.0944. The molecule has 100 valence electrons. The highest BCUT2D eigenvalue weighted by Gasteiger charge is 2.38. The van der Waals surface area contributed by atoms with Gasteiger partial charge >= 0.3 is 0 Å². The first-order valence-corrected chi connectivity index (χ1v) is 7.09. The second-order valence-corrected chi connectivity index (χ2v) is 5.81. The van der Waals surface area contributed by atoms with Crippen molar-refractivity contribution in [3.05, 3.63) is 29.8 Å². The van der Waals surface area contributed by atoms with Crippen LogP contribution in [0, 0.1) is 6.92 Å². The summed E-state index contributed by atoms with van der Waals surface area (Å²) in [6.45, 7) is 7.53. The van der Waals surface area contributed by atoms with Crippen molar-refractivity contribution in [2.45, 2.75) is 58.1 Å². The average molecular weight is 247 g/mol. The van der Waals surface area contributed by atoms with E-state index in [1.807, 2.05) is 0 Å². The van der Waals surface area contributed by atoms with Gasteiger partial charge in [0.1, 0.15) is 11.4 Å². The topological polar surface area (TPSA) is 21.3 Å².